The van der Waals surface area contributed by atoms with E-state index < -0.39 is 17.6 Å². The molecule has 1 fully saturated rings. The Kier molecular flexibility index (Phi) is 5.46. The average molecular weight is 266 g/mol. The smallest absolute Gasteiger partial charge is 0.329 e. The molecule has 5 heteroatoms. The first-order valence-electron chi connectivity index (χ1n) is 6.84. The first kappa shape index (κ1) is 15.8. The minimum atomic E-state index is -4.08. The van der Waals surface area contributed by atoms with E-state index in [0.29, 0.717) is 13.0 Å². The van der Waals surface area contributed by atoms with Crippen LogP contribution in [-0.4, -0.2) is 36.8 Å². The van der Waals surface area contributed by atoms with Gasteiger partial charge in [0.15, 0.2) is 0 Å². The van der Waals surface area contributed by atoms with Gasteiger partial charge in [0.05, 0.1) is 5.92 Å². The van der Waals surface area contributed by atoms with Gasteiger partial charge in [0.2, 0.25) is 0 Å². The zero-order valence-electron chi connectivity index (χ0n) is 11.4. The molecule has 2 unspecified atom stereocenters. The van der Waals surface area contributed by atoms with Crippen molar-refractivity contribution in [2.45, 2.75) is 57.2 Å². The molecule has 0 radical (unpaired) electrons. The van der Waals surface area contributed by atoms with E-state index in [2.05, 4.69) is 11.8 Å². The monoisotopic (exact) mass is 266 g/mol. The molecule has 0 aromatic heterocycles. The number of nitrogens with two attached hydrogens (primary N) is 1. The van der Waals surface area contributed by atoms with E-state index >= 15 is 0 Å². The summed E-state index contributed by atoms with van der Waals surface area (Å²) >= 11 is 0. The van der Waals surface area contributed by atoms with Crippen LogP contribution in [0.25, 0.3) is 0 Å². The fourth-order valence-corrected chi connectivity index (χ4v) is 2.94. The lowest BCUT2D eigenvalue weighted by Gasteiger charge is -2.47. The lowest BCUT2D eigenvalue weighted by Crippen LogP contribution is -2.56. The highest BCUT2D eigenvalue weighted by Gasteiger charge is 2.48. The Morgan fingerprint density at radius 1 is 1.39 bits per heavy atom. The molecule has 0 spiro atoms. The fraction of sp³-hybridized carbons (Fsp3) is 1.00. The highest BCUT2D eigenvalue weighted by atomic mass is 19.4. The molecule has 0 aromatic carbocycles. The molecule has 0 amide bonds. The molecule has 1 rings (SSSR count). The number of hydrogen-bond donors (Lipinski definition) is 1. The molecule has 1 saturated carbocycles. The van der Waals surface area contributed by atoms with Crippen molar-refractivity contribution < 1.29 is 13.2 Å². The molecule has 1 aliphatic rings. The molecule has 2 atom stereocenters. The summed E-state index contributed by atoms with van der Waals surface area (Å²) in [7, 11) is 1.92. The Balaban J connectivity index is 2.74. The number of alkyl halides is 3. The maximum Gasteiger partial charge on any atom is 0.391 e. The van der Waals surface area contributed by atoms with Crippen molar-refractivity contribution in [3.63, 3.8) is 0 Å². The Morgan fingerprint density at radius 2 is 2.06 bits per heavy atom. The number of likely N-dealkylation sites (N-methyl/N-ethyl adjacent to an activating group) is 1. The Labute approximate surface area is 108 Å². The third-order valence-corrected chi connectivity index (χ3v) is 4.32. The normalized spacial score (nSPS) is 29.8. The first-order chi connectivity index (χ1) is 8.35. The van der Waals surface area contributed by atoms with Crippen molar-refractivity contribution in [1.29, 1.82) is 0 Å². The second kappa shape index (κ2) is 6.24. The Bertz CT molecular complexity index is 255. The van der Waals surface area contributed by atoms with E-state index in [1.54, 1.807) is 0 Å². The van der Waals surface area contributed by atoms with E-state index in [1.807, 2.05) is 7.05 Å². The molecular formula is C13H25F3N2. The largest absolute Gasteiger partial charge is 0.391 e. The molecule has 2 N–H and O–H groups in total. The van der Waals surface area contributed by atoms with Crippen molar-refractivity contribution in [1.82, 2.24) is 4.90 Å². The van der Waals surface area contributed by atoms with E-state index in [1.165, 1.54) is 0 Å². The molecule has 0 bridgehead atoms. The van der Waals surface area contributed by atoms with E-state index in [0.717, 1.165) is 25.8 Å². The maximum absolute atomic E-state index is 12.9. The summed E-state index contributed by atoms with van der Waals surface area (Å²) in [5.74, 6) is -1.18. The van der Waals surface area contributed by atoms with Crippen LogP contribution < -0.4 is 5.73 Å². The van der Waals surface area contributed by atoms with Gasteiger partial charge in [-0.15, -0.1) is 0 Å². The van der Waals surface area contributed by atoms with Gasteiger partial charge < -0.3 is 5.73 Å². The van der Waals surface area contributed by atoms with Crippen molar-refractivity contribution in [3.05, 3.63) is 0 Å². The number of hydrogen-bond acceptors (Lipinski definition) is 2. The number of nitrogens with zero attached hydrogens (tertiary/aromatic N) is 1. The van der Waals surface area contributed by atoms with Crippen LogP contribution in [-0.2, 0) is 0 Å². The Morgan fingerprint density at radius 3 is 2.56 bits per heavy atom. The van der Waals surface area contributed by atoms with Crippen LogP contribution in [0.4, 0.5) is 13.2 Å². The van der Waals surface area contributed by atoms with Crippen molar-refractivity contribution >= 4 is 0 Å². The zero-order chi connectivity index (χ0) is 13.8. The highest BCUT2D eigenvalue weighted by Crippen LogP contribution is 2.43. The van der Waals surface area contributed by atoms with Crippen LogP contribution >= 0.6 is 0 Å². The summed E-state index contributed by atoms with van der Waals surface area (Å²) in [5, 5.41) is 0. The molecule has 2 nitrogen and oxygen atoms in total. The van der Waals surface area contributed by atoms with Gasteiger partial charge >= 0.3 is 6.18 Å². The maximum atomic E-state index is 12.9. The van der Waals surface area contributed by atoms with Crippen LogP contribution in [0.5, 0.6) is 0 Å². The zero-order valence-corrected chi connectivity index (χ0v) is 11.4. The summed E-state index contributed by atoms with van der Waals surface area (Å²) in [6.07, 6.45) is -0.191. The molecule has 108 valence electrons. The SMILES string of the molecule is CCCCN(C)C1(CN)CCCC(C(F)(F)F)C1. The molecule has 18 heavy (non-hydrogen) atoms. The van der Waals surface area contributed by atoms with Gasteiger partial charge in [-0.3, -0.25) is 4.90 Å². The van der Waals surface area contributed by atoms with E-state index in [9.17, 15) is 13.2 Å². The predicted octanol–water partition coefficient (Wildman–Crippen LogP) is 3.17. The van der Waals surface area contributed by atoms with Crippen LogP contribution in [0, 0.1) is 5.92 Å². The van der Waals surface area contributed by atoms with Crippen molar-refractivity contribution in [2.24, 2.45) is 11.7 Å². The lowest BCUT2D eigenvalue weighted by atomic mass is 9.74. The number of halogens is 3. The fourth-order valence-electron chi connectivity index (χ4n) is 2.94. The Hall–Kier alpha value is -0.290. The van der Waals surface area contributed by atoms with Crippen molar-refractivity contribution in [3.8, 4) is 0 Å². The highest BCUT2D eigenvalue weighted by molar-refractivity contribution is 4.97. The van der Waals surface area contributed by atoms with Crippen LogP contribution in [0.3, 0.4) is 0 Å². The van der Waals surface area contributed by atoms with Crippen molar-refractivity contribution in [2.75, 3.05) is 20.1 Å². The van der Waals surface area contributed by atoms with Gasteiger partial charge in [-0.25, -0.2) is 0 Å². The van der Waals surface area contributed by atoms with Gasteiger partial charge in [0.1, 0.15) is 0 Å². The second-order valence-corrected chi connectivity index (χ2v) is 5.54. The predicted molar refractivity (Wildman–Crippen MR) is 67.3 cm³/mol. The molecule has 0 heterocycles. The van der Waals surface area contributed by atoms with Crippen LogP contribution in [0.2, 0.25) is 0 Å². The third-order valence-electron chi connectivity index (χ3n) is 4.32. The standard InChI is InChI=1S/C13H25F3N2/c1-3-4-8-18(2)12(10-17)7-5-6-11(9-12)13(14,15)16/h11H,3-10,17H2,1-2H3. The topological polar surface area (TPSA) is 29.3 Å². The van der Waals surface area contributed by atoms with Gasteiger partial charge in [-0.05, 0) is 39.3 Å². The molecule has 0 saturated heterocycles. The molecule has 0 aliphatic heterocycles. The lowest BCUT2D eigenvalue weighted by molar-refractivity contribution is -0.192. The molecule has 0 aromatic rings. The van der Waals surface area contributed by atoms with Crippen LogP contribution in [0.15, 0.2) is 0 Å². The van der Waals surface area contributed by atoms with E-state index in [4.69, 9.17) is 5.73 Å². The summed E-state index contributed by atoms with van der Waals surface area (Å²) in [6, 6.07) is 0. The van der Waals surface area contributed by atoms with Gasteiger partial charge in [0, 0.05) is 12.1 Å². The summed E-state index contributed by atoms with van der Waals surface area (Å²) in [4.78, 5) is 2.06. The molecule has 1 aliphatic carbocycles. The summed E-state index contributed by atoms with van der Waals surface area (Å²) in [5.41, 5.74) is 5.36. The minimum absolute atomic E-state index is 0.160. The van der Waals surface area contributed by atoms with Gasteiger partial charge in [0.25, 0.3) is 0 Å². The first-order valence-corrected chi connectivity index (χ1v) is 6.84. The van der Waals surface area contributed by atoms with Gasteiger partial charge in [-0.2, -0.15) is 13.2 Å². The summed E-state index contributed by atoms with van der Waals surface area (Å²) < 4.78 is 38.6. The van der Waals surface area contributed by atoms with Gasteiger partial charge in [-0.1, -0.05) is 19.8 Å². The number of rotatable bonds is 5. The van der Waals surface area contributed by atoms with Crippen LogP contribution in [0.1, 0.15) is 45.4 Å². The third kappa shape index (κ3) is 3.60. The number of unbranched alkanes of at least 4 members (excludes halogenated alkanes) is 1. The minimum Gasteiger partial charge on any atom is -0.329 e. The molecular weight excluding hydrogens is 241 g/mol. The summed E-state index contributed by atoms with van der Waals surface area (Å²) in [6.45, 7) is 3.24. The quantitative estimate of drug-likeness (QED) is 0.828. The second-order valence-electron chi connectivity index (χ2n) is 5.54. The van der Waals surface area contributed by atoms with E-state index in [-0.39, 0.29) is 12.8 Å². The average Bonchev–Trinajstić information content (AvgIpc) is 2.34.